The van der Waals surface area contributed by atoms with Crippen LogP contribution < -0.4 is 11.1 Å². The third kappa shape index (κ3) is 3.94. The van der Waals surface area contributed by atoms with Gasteiger partial charge >= 0.3 is 0 Å². The van der Waals surface area contributed by atoms with Crippen LogP contribution in [0, 0.1) is 5.82 Å². The van der Waals surface area contributed by atoms with Crippen molar-refractivity contribution in [2.75, 3.05) is 5.75 Å². The second-order valence-corrected chi connectivity index (χ2v) is 6.74. The quantitative estimate of drug-likeness (QED) is 0.896. The molecule has 0 aromatic heterocycles. The third-order valence-electron chi connectivity index (χ3n) is 2.96. The number of carbonyl (C=O) groups is 1. The topological polar surface area (TPSA) is 55.1 Å². The molecular weight excluding hydrogens is 263 g/mol. The molecule has 3 N–H and O–H groups in total. The van der Waals surface area contributed by atoms with E-state index in [4.69, 9.17) is 5.73 Å². The monoisotopic (exact) mass is 282 g/mol. The number of carbonyl (C=O) groups excluding carboxylic acids is 1. The number of benzene rings is 1. The van der Waals surface area contributed by atoms with E-state index in [1.165, 1.54) is 12.1 Å². The molecule has 19 heavy (non-hydrogen) atoms. The number of rotatable bonds is 3. The van der Waals surface area contributed by atoms with Crippen LogP contribution in [0.25, 0.3) is 0 Å². The molecule has 3 nitrogen and oxygen atoms in total. The Balaban J connectivity index is 2.11. The Morgan fingerprint density at radius 3 is 3.00 bits per heavy atom. The maximum absolute atomic E-state index is 13.3. The summed E-state index contributed by atoms with van der Waals surface area (Å²) in [6.45, 7) is 3.63. The van der Waals surface area contributed by atoms with Crippen molar-refractivity contribution in [3.8, 4) is 0 Å². The maximum atomic E-state index is 13.3. The summed E-state index contributed by atoms with van der Waals surface area (Å²) in [5, 5.41) is 2.96. The van der Waals surface area contributed by atoms with Gasteiger partial charge in [-0.05, 0) is 44.0 Å². The number of thioether (sulfide) groups is 1. The van der Waals surface area contributed by atoms with Crippen molar-refractivity contribution >= 4 is 17.7 Å². The zero-order valence-corrected chi connectivity index (χ0v) is 12.0. The summed E-state index contributed by atoms with van der Waals surface area (Å²) in [6.07, 6.45) is 1.08. The van der Waals surface area contributed by atoms with Gasteiger partial charge in [-0.25, -0.2) is 4.39 Å². The van der Waals surface area contributed by atoms with E-state index in [1.54, 1.807) is 17.8 Å². The van der Waals surface area contributed by atoms with Crippen molar-refractivity contribution in [1.29, 1.82) is 0 Å². The van der Waals surface area contributed by atoms with E-state index in [2.05, 4.69) is 5.32 Å². The Bertz CT molecular complexity index is 485. The smallest absolute Gasteiger partial charge is 0.222 e. The Labute approximate surface area is 117 Å². The lowest BCUT2D eigenvalue weighted by atomic mass is 9.99. The number of fused-ring (bicyclic) bond motifs is 1. The molecule has 1 amide bonds. The number of hydrogen-bond donors (Lipinski definition) is 2. The van der Waals surface area contributed by atoms with E-state index >= 15 is 0 Å². The highest BCUT2D eigenvalue weighted by atomic mass is 32.2. The number of amides is 1. The average molecular weight is 282 g/mol. The molecule has 1 unspecified atom stereocenters. The molecule has 1 aromatic carbocycles. The molecule has 1 aliphatic rings. The zero-order chi connectivity index (χ0) is 14.0. The van der Waals surface area contributed by atoms with E-state index in [9.17, 15) is 9.18 Å². The van der Waals surface area contributed by atoms with Crippen LogP contribution in [-0.4, -0.2) is 17.2 Å². The van der Waals surface area contributed by atoms with Crippen molar-refractivity contribution in [1.82, 2.24) is 5.32 Å². The first-order chi connectivity index (χ1) is 8.85. The Hall–Kier alpha value is -1.07. The van der Waals surface area contributed by atoms with Crippen LogP contribution in [0.4, 0.5) is 4.39 Å². The van der Waals surface area contributed by atoms with Crippen molar-refractivity contribution < 1.29 is 9.18 Å². The maximum Gasteiger partial charge on any atom is 0.222 e. The molecule has 0 radical (unpaired) electrons. The second-order valence-electron chi connectivity index (χ2n) is 5.60. The van der Waals surface area contributed by atoms with E-state index in [0.717, 1.165) is 22.6 Å². The summed E-state index contributed by atoms with van der Waals surface area (Å²) in [5.74, 6) is 0.578. The van der Waals surface area contributed by atoms with E-state index in [1.807, 2.05) is 13.8 Å². The highest BCUT2D eigenvalue weighted by molar-refractivity contribution is 7.99. The Morgan fingerprint density at radius 1 is 1.58 bits per heavy atom. The molecule has 2 rings (SSSR count). The molecule has 104 valence electrons. The summed E-state index contributed by atoms with van der Waals surface area (Å²) in [6, 6.07) is 4.64. The standard InChI is InChI=1S/C14H19FN2OS/c1-14(2,16)8-13(18)17-11-5-6-19-12-4-3-9(15)7-10(11)12/h3-4,7,11H,5-6,8,16H2,1-2H3,(H,17,18). The van der Waals surface area contributed by atoms with Gasteiger partial charge in [0.25, 0.3) is 0 Å². The molecule has 0 spiro atoms. The summed E-state index contributed by atoms with van der Waals surface area (Å²) in [7, 11) is 0. The molecule has 0 fully saturated rings. The fourth-order valence-electron chi connectivity index (χ4n) is 2.17. The van der Waals surface area contributed by atoms with Gasteiger partial charge in [-0.1, -0.05) is 0 Å². The van der Waals surface area contributed by atoms with Crippen LogP contribution >= 0.6 is 11.8 Å². The number of hydrogen-bond acceptors (Lipinski definition) is 3. The van der Waals surface area contributed by atoms with Crippen LogP contribution in [0.1, 0.15) is 38.3 Å². The van der Waals surface area contributed by atoms with Gasteiger partial charge in [-0.2, -0.15) is 0 Å². The first-order valence-corrected chi connectivity index (χ1v) is 7.34. The lowest BCUT2D eigenvalue weighted by molar-refractivity contribution is -0.122. The van der Waals surface area contributed by atoms with Gasteiger partial charge in [-0.3, -0.25) is 4.79 Å². The molecule has 0 saturated carbocycles. The van der Waals surface area contributed by atoms with E-state index in [0.29, 0.717) is 0 Å². The summed E-state index contributed by atoms with van der Waals surface area (Å²) >= 11 is 1.70. The summed E-state index contributed by atoms with van der Waals surface area (Å²) in [5.41, 5.74) is 6.18. The van der Waals surface area contributed by atoms with Gasteiger partial charge < -0.3 is 11.1 Å². The minimum absolute atomic E-state index is 0.0837. The van der Waals surface area contributed by atoms with E-state index in [-0.39, 0.29) is 24.2 Å². The Morgan fingerprint density at radius 2 is 2.32 bits per heavy atom. The minimum Gasteiger partial charge on any atom is -0.349 e. The van der Waals surface area contributed by atoms with Gasteiger partial charge in [0, 0.05) is 22.6 Å². The summed E-state index contributed by atoms with van der Waals surface area (Å²) < 4.78 is 13.3. The van der Waals surface area contributed by atoms with Crippen molar-refractivity contribution in [3.63, 3.8) is 0 Å². The fraction of sp³-hybridized carbons (Fsp3) is 0.500. The lowest BCUT2D eigenvalue weighted by Gasteiger charge is -2.27. The van der Waals surface area contributed by atoms with Gasteiger partial charge in [0.2, 0.25) is 5.91 Å². The van der Waals surface area contributed by atoms with Crippen molar-refractivity contribution in [2.45, 2.75) is 43.2 Å². The minimum atomic E-state index is -0.529. The molecule has 1 atom stereocenters. The Kier molecular flexibility index (Phi) is 4.16. The normalized spacial score (nSPS) is 18.8. The van der Waals surface area contributed by atoms with Crippen LogP contribution in [0.3, 0.4) is 0 Å². The van der Waals surface area contributed by atoms with Crippen molar-refractivity contribution in [3.05, 3.63) is 29.6 Å². The van der Waals surface area contributed by atoms with Crippen LogP contribution in [0.2, 0.25) is 0 Å². The van der Waals surface area contributed by atoms with Crippen LogP contribution in [0.15, 0.2) is 23.1 Å². The van der Waals surface area contributed by atoms with Gasteiger partial charge in [0.15, 0.2) is 0 Å². The first-order valence-electron chi connectivity index (χ1n) is 6.36. The highest BCUT2D eigenvalue weighted by Gasteiger charge is 2.24. The third-order valence-corrected chi connectivity index (χ3v) is 4.09. The van der Waals surface area contributed by atoms with Crippen LogP contribution in [-0.2, 0) is 4.79 Å². The average Bonchev–Trinajstić information content (AvgIpc) is 2.27. The van der Waals surface area contributed by atoms with Crippen LogP contribution in [0.5, 0.6) is 0 Å². The molecule has 5 heteroatoms. The largest absolute Gasteiger partial charge is 0.349 e. The van der Waals surface area contributed by atoms with Gasteiger partial charge in [0.1, 0.15) is 5.82 Å². The molecule has 0 bridgehead atoms. The second kappa shape index (κ2) is 5.51. The predicted molar refractivity (Wildman–Crippen MR) is 75.5 cm³/mol. The van der Waals surface area contributed by atoms with Gasteiger partial charge in [-0.15, -0.1) is 11.8 Å². The molecule has 0 saturated heterocycles. The molecule has 1 aliphatic heterocycles. The predicted octanol–water partition coefficient (Wildman–Crippen LogP) is 2.61. The number of nitrogens with one attached hydrogen (secondary N) is 1. The highest BCUT2D eigenvalue weighted by Crippen LogP contribution is 2.36. The number of nitrogens with two attached hydrogens (primary N) is 1. The molecule has 1 aromatic rings. The zero-order valence-electron chi connectivity index (χ0n) is 11.2. The van der Waals surface area contributed by atoms with Crippen molar-refractivity contribution in [2.24, 2.45) is 5.73 Å². The molecular formula is C14H19FN2OS. The molecule has 0 aliphatic carbocycles. The number of halogens is 1. The van der Waals surface area contributed by atoms with E-state index < -0.39 is 5.54 Å². The summed E-state index contributed by atoms with van der Waals surface area (Å²) in [4.78, 5) is 13.0. The fourth-order valence-corrected chi connectivity index (χ4v) is 3.28. The SMILES string of the molecule is CC(C)(N)CC(=O)NC1CCSc2ccc(F)cc21. The van der Waals surface area contributed by atoms with Gasteiger partial charge in [0.05, 0.1) is 6.04 Å². The first kappa shape index (κ1) is 14.3. The molecule has 1 heterocycles. The lowest BCUT2D eigenvalue weighted by Crippen LogP contribution is -2.40.